The molecule has 0 spiro atoms. The Morgan fingerprint density at radius 2 is 2.23 bits per heavy atom. The van der Waals surface area contributed by atoms with E-state index < -0.39 is 11.9 Å². The molecule has 6 nitrogen and oxygen atoms in total. The fourth-order valence-electron chi connectivity index (χ4n) is 2.53. The van der Waals surface area contributed by atoms with Crippen LogP contribution in [0.5, 0.6) is 11.5 Å². The minimum absolute atomic E-state index is 0.0884. The number of amides is 1. The van der Waals surface area contributed by atoms with E-state index in [2.05, 4.69) is 0 Å². The molecule has 1 heterocycles. The van der Waals surface area contributed by atoms with E-state index in [4.69, 9.17) is 14.6 Å². The number of nitrogens with zero attached hydrogens (tertiary/aromatic N) is 1. The maximum atomic E-state index is 12.4. The van der Waals surface area contributed by atoms with Crippen molar-refractivity contribution in [2.45, 2.75) is 13.3 Å². The molecule has 6 heteroatoms. The molecule has 120 valence electrons. The Labute approximate surface area is 129 Å². The van der Waals surface area contributed by atoms with Crippen molar-refractivity contribution in [3.8, 4) is 11.5 Å². The molecule has 1 amide bonds. The number of hydrogen-bond acceptors (Lipinski definition) is 4. The first-order valence-corrected chi connectivity index (χ1v) is 7.20. The smallest absolute Gasteiger partial charge is 0.308 e. The maximum Gasteiger partial charge on any atom is 0.308 e. The number of aliphatic carboxylic acids is 1. The van der Waals surface area contributed by atoms with Gasteiger partial charge in [-0.05, 0) is 18.1 Å². The average Bonchev–Trinajstić information content (AvgIpc) is 2.52. The van der Waals surface area contributed by atoms with Gasteiger partial charge in [-0.1, -0.05) is 13.0 Å². The number of hydrogen-bond donors (Lipinski definition) is 1. The second-order valence-electron chi connectivity index (χ2n) is 5.64. The predicted molar refractivity (Wildman–Crippen MR) is 80.1 cm³/mol. The Hall–Kier alpha value is -2.24. The summed E-state index contributed by atoms with van der Waals surface area (Å²) in [4.78, 5) is 24.8. The van der Waals surface area contributed by atoms with Gasteiger partial charge in [0.2, 0.25) is 5.91 Å². The topological polar surface area (TPSA) is 76.1 Å². The lowest BCUT2D eigenvalue weighted by atomic mass is 9.95. The van der Waals surface area contributed by atoms with Gasteiger partial charge >= 0.3 is 5.97 Å². The van der Waals surface area contributed by atoms with Crippen molar-refractivity contribution in [2.75, 3.05) is 27.3 Å². The van der Waals surface area contributed by atoms with Crippen molar-refractivity contribution in [1.82, 2.24) is 4.90 Å². The van der Waals surface area contributed by atoms with Gasteiger partial charge in [0, 0.05) is 19.7 Å². The van der Waals surface area contributed by atoms with E-state index in [1.54, 1.807) is 21.1 Å². The number of benzene rings is 1. The minimum atomic E-state index is -0.906. The molecular weight excluding hydrogens is 286 g/mol. The highest BCUT2D eigenvalue weighted by Gasteiger charge is 2.29. The minimum Gasteiger partial charge on any atom is -0.497 e. The number of methoxy groups -OCH3 is 1. The van der Waals surface area contributed by atoms with Crippen LogP contribution in [0.3, 0.4) is 0 Å². The van der Waals surface area contributed by atoms with E-state index in [0.29, 0.717) is 13.0 Å². The highest BCUT2D eigenvalue weighted by molar-refractivity contribution is 5.80. The van der Waals surface area contributed by atoms with Crippen LogP contribution in [0.1, 0.15) is 12.5 Å². The maximum absolute atomic E-state index is 12.4. The van der Waals surface area contributed by atoms with Gasteiger partial charge in [0.05, 0.1) is 18.9 Å². The molecule has 0 saturated carbocycles. The normalized spacial score (nSPS) is 17.9. The quantitative estimate of drug-likeness (QED) is 0.890. The summed E-state index contributed by atoms with van der Waals surface area (Å²) in [5, 5.41) is 8.93. The highest BCUT2D eigenvalue weighted by atomic mass is 16.5. The Bertz CT molecular complexity index is 572. The van der Waals surface area contributed by atoms with E-state index in [0.717, 1.165) is 17.1 Å². The van der Waals surface area contributed by atoms with Crippen LogP contribution in [0.4, 0.5) is 0 Å². The lowest BCUT2D eigenvalue weighted by molar-refractivity contribution is -0.143. The monoisotopic (exact) mass is 307 g/mol. The Morgan fingerprint density at radius 3 is 2.86 bits per heavy atom. The fourth-order valence-corrected chi connectivity index (χ4v) is 2.53. The fraction of sp³-hybridized carbons (Fsp3) is 0.500. The second-order valence-corrected chi connectivity index (χ2v) is 5.64. The Kier molecular flexibility index (Phi) is 4.90. The first-order chi connectivity index (χ1) is 10.4. The zero-order chi connectivity index (χ0) is 16.3. The molecule has 1 aliphatic heterocycles. The second kappa shape index (κ2) is 6.68. The van der Waals surface area contributed by atoms with E-state index in [1.165, 1.54) is 4.90 Å². The number of rotatable bonds is 5. The van der Waals surface area contributed by atoms with E-state index in [-0.39, 0.29) is 18.4 Å². The molecule has 0 fully saturated rings. The average molecular weight is 307 g/mol. The van der Waals surface area contributed by atoms with Gasteiger partial charge in [-0.25, -0.2) is 0 Å². The number of carboxylic acid groups (broad SMARTS) is 1. The number of carbonyl (C=O) groups is 2. The van der Waals surface area contributed by atoms with Crippen molar-refractivity contribution < 1.29 is 24.2 Å². The summed E-state index contributed by atoms with van der Waals surface area (Å²) in [5.41, 5.74) is 0.963. The number of fused-ring (bicyclic) bond motifs is 1. The van der Waals surface area contributed by atoms with E-state index in [9.17, 15) is 9.59 Å². The van der Waals surface area contributed by atoms with Crippen molar-refractivity contribution >= 4 is 11.9 Å². The van der Waals surface area contributed by atoms with Crippen LogP contribution in [0.2, 0.25) is 0 Å². The standard InChI is InChI=1S/C16H21NO5/c1-10(16(19)20)8-17(2)15(18)12-6-11-4-5-13(21-3)7-14(11)22-9-12/h4-5,7,10,12H,6,8-9H2,1-3H3,(H,19,20)/t10-,12-/m1/s1. The van der Waals surface area contributed by atoms with Crippen LogP contribution in [-0.4, -0.2) is 49.2 Å². The molecule has 0 bridgehead atoms. The van der Waals surface area contributed by atoms with Gasteiger partial charge in [-0.3, -0.25) is 9.59 Å². The molecule has 0 aromatic heterocycles. The molecule has 1 aliphatic rings. The lowest BCUT2D eigenvalue weighted by Gasteiger charge is -2.29. The predicted octanol–water partition coefficient (Wildman–Crippen LogP) is 1.43. The van der Waals surface area contributed by atoms with Crippen LogP contribution in [0.15, 0.2) is 18.2 Å². The molecule has 0 radical (unpaired) electrons. The zero-order valence-corrected chi connectivity index (χ0v) is 13.0. The van der Waals surface area contributed by atoms with Gasteiger partial charge in [-0.15, -0.1) is 0 Å². The van der Waals surface area contributed by atoms with Gasteiger partial charge in [0.25, 0.3) is 0 Å². The summed E-state index contributed by atoms with van der Waals surface area (Å²) < 4.78 is 10.8. The van der Waals surface area contributed by atoms with Crippen LogP contribution in [-0.2, 0) is 16.0 Å². The van der Waals surface area contributed by atoms with Crippen LogP contribution in [0, 0.1) is 11.8 Å². The summed E-state index contributed by atoms with van der Waals surface area (Å²) in [6.07, 6.45) is 0.587. The molecule has 0 unspecified atom stereocenters. The Morgan fingerprint density at radius 1 is 1.50 bits per heavy atom. The summed E-state index contributed by atoms with van der Waals surface area (Å²) >= 11 is 0. The molecule has 1 aromatic carbocycles. The van der Waals surface area contributed by atoms with Gasteiger partial charge in [-0.2, -0.15) is 0 Å². The van der Waals surface area contributed by atoms with Crippen LogP contribution in [0.25, 0.3) is 0 Å². The van der Waals surface area contributed by atoms with Crippen molar-refractivity contribution in [3.63, 3.8) is 0 Å². The van der Waals surface area contributed by atoms with Crippen molar-refractivity contribution in [1.29, 1.82) is 0 Å². The molecule has 22 heavy (non-hydrogen) atoms. The first-order valence-electron chi connectivity index (χ1n) is 7.20. The number of carboxylic acids is 1. The van der Waals surface area contributed by atoms with Crippen LogP contribution >= 0.6 is 0 Å². The van der Waals surface area contributed by atoms with E-state index >= 15 is 0 Å². The summed E-state index contributed by atoms with van der Waals surface area (Å²) in [5.74, 6) is -0.408. The Balaban J connectivity index is 2.02. The third-order valence-electron chi connectivity index (χ3n) is 3.88. The molecule has 0 saturated heterocycles. The van der Waals surface area contributed by atoms with Gasteiger partial charge in [0.15, 0.2) is 0 Å². The molecule has 0 aliphatic carbocycles. The van der Waals surface area contributed by atoms with Crippen LogP contribution < -0.4 is 9.47 Å². The summed E-state index contributed by atoms with van der Waals surface area (Å²) in [7, 11) is 3.22. The summed E-state index contributed by atoms with van der Waals surface area (Å²) in [6, 6.07) is 5.55. The summed E-state index contributed by atoms with van der Waals surface area (Å²) in [6.45, 7) is 2.08. The lowest BCUT2D eigenvalue weighted by Crippen LogP contribution is -2.41. The molecule has 2 rings (SSSR count). The third kappa shape index (κ3) is 3.50. The molecule has 2 atom stereocenters. The van der Waals surface area contributed by atoms with Crippen molar-refractivity contribution in [3.05, 3.63) is 23.8 Å². The van der Waals surface area contributed by atoms with Crippen molar-refractivity contribution in [2.24, 2.45) is 11.8 Å². The SMILES string of the molecule is COc1ccc2c(c1)OC[C@H](C(=O)N(C)C[C@@H](C)C(=O)O)C2. The highest BCUT2D eigenvalue weighted by Crippen LogP contribution is 2.31. The number of ether oxygens (including phenoxy) is 2. The van der Waals surface area contributed by atoms with E-state index in [1.807, 2.05) is 18.2 Å². The van der Waals surface area contributed by atoms with Gasteiger partial charge in [0.1, 0.15) is 18.1 Å². The third-order valence-corrected chi connectivity index (χ3v) is 3.88. The molecular formula is C16H21NO5. The zero-order valence-electron chi connectivity index (χ0n) is 13.0. The largest absolute Gasteiger partial charge is 0.497 e. The molecule has 1 aromatic rings. The van der Waals surface area contributed by atoms with Gasteiger partial charge < -0.3 is 19.5 Å². The first kappa shape index (κ1) is 16.1. The molecule has 1 N–H and O–H groups in total. The number of carbonyl (C=O) groups excluding carboxylic acids is 1.